The van der Waals surface area contributed by atoms with E-state index in [0.29, 0.717) is 12.2 Å². The zero-order valence-corrected chi connectivity index (χ0v) is 14.9. The zero-order valence-electron chi connectivity index (χ0n) is 14.1. The summed E-state index contributed by atoms with van der Waals surface area (Å²) in [6.45, 7) is 1.34. The minimum absolute atomic E-state index is 0.0301. The van der Waals surface area contributed by atoms with Gasteiger partial charge < -0.3 is 9.88 Å². The quantitative estimate of drug-likeness (QED) is 0.734. The van der Waals surface area contributed by atoms with Crippen LogP contribution in [0.5, 0.6) is 0 Å². The van der Waals surface area contributed by atoms with Crippen molar-refractivity contribution in [1.82, 2.24) is 14.3 Å². The van der Waals surface area contributed by atoms with Crippen molar-refractivity contribution in [3.8, 4) is 11.4 Å². The molecular formula is C18H17ClFN5O. The lowest BCUT2D eigenvalue weighted by molar-refractivity contribution is 0.255. The molecule has 0 spiro atoms. The molecule has 3 heterocycles. The number of fused-ring (bicyclic) bond motifs is 1. The van der Waals surface area contributed by atoms with Crippen LogP contribution in [0.3, 0.4) is 0 Å². The van der Waals surface area contributed by atoms with Crippen LogP contribution in [0.2, 0.25) is 5.02 Å². The molecule has 1 aliphatic rings. The van der Waals surface area contributed by atoms with Gasteiger partial charge in [0.2, 0.25) is 0 Å². The van der Waals surface area contributed by atoms with Crippen LogP contribution in [0.4, 0.5) is 20.7 Å². The van der Waals surface area contributed by atoms with Crippen molar-refractivity contribution in [3.05, 3.63) is 53.4 Å². The van der Waals surface area contributed by atoms with Crippen LogP contribution in [0.25, 0.3) is 11.4 Å². The van der Waals surface area contributed by atoms with E-state index < -0.39 is 5.82 Å². The summed E-state index contributed by atoms with van der Waals surface area (Å²) in [5.74, 6) is 0.214. The molecule has 26 heavy (non-hydrogen) atoms. The molecule has 0 saturated carbocycles. The van der Waals surface area contributed by atoms with E-state index in [9.17, 15) is 9.18 Å². The highest BCUT2D eigenvalue weighted by atomic mass is 35.5. The normalized spacial score (nSPS) is 13.6. The maximum absolute atomic E-state index is 13.3. The minimum Gasteiger partial charge on any atom is -0.349 e. The molecule has 4 rings (SSSR count). The fourth-order valence-corrected chi connectivity index (χ4v) is 3.29. The fraction of sp³-hybridized carbons (Fsp3) is 0.222. The Hall–Kier alpha value is -2.80. The number of aryl methyl sites for hydroxylation is 2. The molecule has 3 aromatic rings. The Balaban J connectivity index is 1.61. The van der Waals surface area contributed by atoms with Gasteiger partial charge in [-0.15, -0.1) is 0 Å². The second-order valence-electron chi connectivity index (χ2n) is 6.18. The first-order valence-corrected chi connectivity index (χ1v) is 8.64. The van der Waals surface area contributed by atoms with Gasteiger partial charge in [-0.2, -0.15) is 5.10 Å². The van der Waals surface area contributed by atoms with Gasteiger partial charge in [-0.3, -0.25) is 4.90 Å². The van der Waals surface area contributed by atoms with Crippen LogP contribution in [0.1, 0.15) is 6.42 Å². The molecule has 0 unspecified atom stereocenters. The van der Waals surface area contributed by atoms with Crippen LogP contribution in [0, 0.1) is 5.82 Å². The Bertz CT molecular complexity index is 980. The van der Waals surface area contributed by atoms with Gasteiger partial charge in [0, 0.05) is 38.1 Å². The predicted molar refractivity (Wildman–Crippen MR) is 99.0 cm³/mol. The van der Waals surface area contributed by atoms with Crippen molar-refractivity contribution in [2.24, 2.45) is 7.05 Å². The van der Waals surface area contributed by atoms with Crippen molar-refractivity contribution >= 4 is 29.1 Å². The molecule has 6 nitrogen and oxygen atoms in total. The first-order valence-electron chi connectivity index (χ1n) is 8.26. The van der Waals surface area contributed by atoms with Gasteiger partial charge in [0.05, 0.1) is 10.7 Å². The van der Waals surface area contributed by atoms with Crippen LogP contribution in [0.15, 0.2) is 42.6 Å². The number of hydrogen-bond donors (Lipinski definition) is 1. The molecule has 0 aliphatic carbocycles. The Kier molecular flexibility index (Phi) is 4.16. The molecule has 1 aliphatic heterocycles. The average Bonchev–Trinajstić information content (AvgIpc) is 3.23. The number of urea groups is 1. The summed E-state index contributed by atoms with van der Waals surface area (Å²) >= 11 is 5.78. The highest BCUT2D eigenvalue weighted by Gasteiger charge is 2.25. The van der Waals surface area contributed by atoms with Crippen LogP contribution >= 0.6 is 11.6 Å². The number of aromatic nitrogens is 3. The summed E-state index contributed by atoms with van der Waals surface area (Å²) < 4.78 is 17.1. The number of carbonyl (C=O) groups excluding carboxylic acids is 1. The largest absolute Gasteiger partial charge is 0.349 e. The Morgan fingerprint density at radius 1 is 1.27 bits per heavy atom. The topological polar surface area (TPSA) is 55.1 Å². The lowest BCUT2D eigenvalue weighted by Crippen LogP contribution is -2.40. The van der Waals surface area contributed by atoms with E-state index in [1.165, 1.54) is 18.2 Å². The van der Waals surface area contributed by atoms with E-state index in [-0.39, 0.29) is 11.1 Å². The molecule has 0 saturated heterocycles. The maximum atomic E-state index is 13.3. The maximum Gasteiger partial charge on any atom is 0.327 e. The third-order valence-corrected chi connectivity index (χ3v) is 4.70. The van der Waals surface area contributed by atoms with E-state index in [1.54, 1.807) is 4.90 Å². The van der Waals surface area contributed by atoms with Crippen molar-refractivity contribution in [1.29, 1.82) is 0 Å². The molecule has 1 N–H and O–H groups in total. The molecule has 8 heteroatoms. The summed E-state index contributed by atoms with van der Waals surface area (Å²) in [6.07, 6.45) is 2.76. The predicted octanol–water partition coefficient (Wildman–Crippen LogP) is 4.12. The minimum atomic E-state index is -0.520. The Morgan fingerprint density at radius 2 is 2.12 bits per heavy atom. The molecule has 2 aromatic heterocycles. The third-order valence-electron chi connectivity index (χ3n) is 4.41. The standard InChI is InChI=1S/C18H17ClFN5O/c1-23-7-2-4-16(23)15-11-17-24(8-3-9-25(17)22-15)18(26)21-12-5-6-14(20)13(19)10-12/h2,4-7,10-11H,3,8-9H2,1H3,(H,21,26). The SMILES string of the molecule is Cn1cccc1-c1cc2n(n1)CCCN2C(=O)Nc1ccc(F)c(Cl)c1. The molecule has 0 atom stereocenters. The molecule has 134 valence electrons. The summed E-state index contributed by atoms with van der Waals surface area (Å²) in [4.78, 5) is 14.4. The van der Waals surface area contributed by atoms with E-state index in [1.807, 2.05) is 40.7 Å². The van der Waals surface area contributed by atoms with E-state index >= 15 is 0 Å². The van der Waals surface area contributed by atoms with Gasteiger partial charge in [0.1, 0.15) is 17.3 Å². The molecular weight excluding hydrogens is 357 g/mol. The number of rotatable bonds is 2. The molecule has 0 radical (unpaired) electrons. The second-order valence-corrected chi connectivity index (χ2v) is 6.59. The summed E-state index contributed by atoms with van der Waals surface area (Å²) in [7, 11) is 1.95. The lowest BCUT2D eigenvalue weighted by Gasteiger charge is -2.27. The second kappa shape index (κ2) is 6.49. The van der Waals surface area contributed by atoms with E-state index in [2.05, 4.69) is 10.4 Å². The van der Waals surface area contributed by atoms with Crippen LogP contribution in [-0.2, 0) is 13.6 Å². The molecule has 2 amide bonds. The lowest BCUT2D eigenvalue weighted by atomic mass is 10.2. The molecule has 0 fully saturated rings. The van der Waals surface area contributed by atoms with Crippen molar-refractivity contribution in [2.75, 3.05) is 16.8 Å². The van der Waals surface area contributed by atoms with Crippen LogP contribution < -0.4 is 10.2 Å². The monoisotopic (exact) mass is 373 g/mol. The van der Waals surface area contributed by atoms with Crippen molar-refractivity contribution in [2.45, 2.75) is 13.0 Å². The highest BCUT2D eigenvalue weighted by Crippen LogP contribution is 2.28. The summed E-state index contributed by atoms with van der Waals surface area (Å²) in [5, 5.41) is 7.36. The van der Waals surface area contributed by atoms with Crippen molar-refractivity contribution in [3.63, 3.8) is 0 Å². The number of halogens is 2. The van der Waals surface area contributed by atoms with Crippen molar-refractivity contribution < 1.29 is 9.18 Å². The van der Waals surface area contributed by atoms with Gasteiger partial charge in [0.15, 0.2) is 0 Å². The Labute approximate surface area is 154 Å². The first-order chi connectivity index (χ1) is 12.5. The van der Waals surface area contributed by atoms with Gasteiger partial charge in [-0.25, -0.2) is 13.9 Å². The fourth-order valence-electron chi connectivity index (χ4n) is 3.10. The third kappa shape index (κ3) is 2.94. The zero-order chi connectivity index (χ0) is 18.3. The van der Waals surface area contributed by atoms with Gasteiger partial charge in [-0.1, -0.05) is 11.6 Å². The Morgan fingerprint density at radius 3 is 2.85 bits per heavy atom. The molecule has 0 bridgehead atoms. The average molecular weight is 374 g/mol. The van der Waals surface area contributed by atoms with Gasteiger partial charge >= 0.3 is 6.03 Å². The van der Waals surface area contributed by atoms with Gasteiger partial charge in [0.25, 0.3) is 0 Å². The van der Waals surface area contributed by atoms with E-state index in [4.69, 9.17) is 11.6 Å². The number of benzene rings is 1. The smallest absolute Gasteiger partial charge is 0.327 e. The number of carbonyl (C=O) groups is 1. The van der Waals surface area contributed by atoms with Crippen LogP contribution in [-0.4, -0.2) is 26.9 Å². The molecule has 1 aromatic carbocycles. The number of nitrogens with zero attached hydrogens (tertiary/aromatic N) is 4. The number of anilines is 2. The summed E-state index contributed by atoms with van der Waals surface area (Å²) in [5.41, 5.74) is 2.25. The van der Waals surface area contributed by atoms with E-state index in [0.717, 1.165) is 30.2 Å². The highest BCUT2D eigenvalue weighted by molar-refractivity contribution is 6.31. The number of nitrogens with one attached hydrogen (secondary N) is 1. The first kappa shape index (κ1) is 16.7. The van der Waals surface area contributed by atoms with Gasteiger partial charge in [-0.05, 0) is 36.8 Å². The summed E-state index contributed by atoms with van der Waals surface area (Å²) in [6, 6.07) is 9.65. The number of amides is 2. The number of hydrogen-bond acceptors (Lipinski definition) is 2.